The standard InChI is InChI=1S/C36H63O11P/c1-4-5-13-19-29(37)23-24-32-31(33(38)25-34(32)39)20-15-11-12-16-21-35(40)45-26-30(27-46-48(42,43)44)47-36(41)22-17-10-8-6-7-9-14-18-28(2)3/h11,15,23-24,28-33,37-38H,4-10,12-14,16-22,25-27H2,1-3H3,(H2,42,43,44)/b15-11-,24-23+/t29-,30+,31+,32+,33-/m0/s1. The molecule has 5 atom stereocenters. The van der Waals surface area contributed by atoms with E-state index >= 15 is 0 Å². The summed E-state index contributed by atoms with van der Waals surface area (Å²) in [7, 11) is -4.81. The summed E-state index contributed by atoms with van der Waals surface area (Å²) in [4.78, 5) is 55.2. The SMILES string of the molecule is CCCCC[C@H](O)/C=C/[C@H]1C(=O)C[C@H](O)[C@@H]1C/C=C\CCCC(=O)OC[C@H](COP(=O)(O)O)OC(=O)CCCCCCCCCC(C)C. The number of ether oxygens (including phenoxy) is 2. The largest absolute Gasteiger partial charge is 0.469 e. The van der Waals surface area contributed by atoms with Gasteiger partial charge in [0.05, 0.1) is 18.8 Å². The van der Waals surface area contributed by atoms with Crippen molar-refractivity contribution in [2.45, 2.75) is 155 Å². The molecule has 0 bridgehead atoms. The highest BCUT2D eigenvalue weighted by atomic mass is 31.2. The van der Waals surface area contributed by atoms with Gasteiger partial charge in [-0.15, -0.1) is 0 Å². The highest BCUT2D eigenvalue weighted by molar-refractivity contribution is 7.46. The number of phosphoric ester groups is 1. The Balaban J connectivity index is 2.38. The average Bonchev–Trinajstić information content (AvgIpc) is 3.28. The molecule has 1 fully saturated rings. The molecule has 1 aliphatic carbocycles. The van der Waals surface area contributed by atoms with Crippen LogP contribution < -0.4 is 0 Å². The number of hydrogen-bond acceptors (Lipinski definition) is 9. The quantitative estimate of drug-likeness (QED) is 0.0289. The van der Waals surface area contributed by atoms with Crippen LogP contribution in [0.3, 0.4) is 0 Å². The van der Waals surface area contributed by atoms with E-state index in [0.29, 0.717) is 32.1 Å². The summed E-state index contributed by atoms with van der Waals surface area (Å²) in [6, 6.07) is 0. The van der Waals surface area contributed by atoms with Crippen molar-refractivity contribution in [1.82, 2.24) is 0 Å². The number of phosphoric acid groups is 1. The summed E-state index contributed by atoms with van der Waals surface area (Å²) in [5.74, 6) is -1.10. The predicted octanol–water partition coefficient (Wildman–Crippen LogP) is 6.90. The molecule has 0 spiro atoms. The Kier molecular flexibility index (Phi) is 23.9. The maximum Gasteiger partial charge on any atom is 0.469 e. The number of rotatable bonds is 28. The molecule has 12 heteroatoms. The molecule has 4 N–H and O–H groups in total. The summed E-state index contributed by atoms with van der Waals surface area (Å²) >= 11 is 0. The number of ketones is 1. The van der Waals surface area contributed by atoms with Gasteiger partial charge < -0.3 is 29.5 Å². The van der Waals surface area contributed by atoms with Crippen LogP contribution in [0.4, 0.5) is 0 Å². The van der Waals surface area contributed by atoms with Crippen LogP contribution in [0.5, 0.6) is 0 Å². The Morgan fingerprint density at radius 3 is 2.21 bits per heavy atom. The molecule has 1 rings (SSSR count). The van der Waals surface area contributed by atoms with E-state index in [9.17, 15) is 29.2 Å². The first-order valence-corrected chi connectivity index (χ1v) is 19.6. The van der Waals surface area contributed by atoms with E-state index in [1.807, 2.05) is 12.2 Å². The average molecular weight is 703 g/mol. The van der Waals surface area contributed by atoms with E-state index in [-0.39, 0.29) is 37.6 Å². The van der Waals surface area contributed by atoms with Gasteiger partial charge in [-0.05, 0) is 38.0 Å². The van der Waals surface area contributed by atoms with E-state index in [1.165, 1.54) is 25.7 Å². The summed E-state index contributed by atoms with van der Waals surface area (Å²) < 4.78 is 26.2. The molecule has 0 saturated heterocycles. The van der Waals surface area contributed by atoms with E-state index in [2.05, 4.69) is 25.3 Å². The van der Waals surface area contributed by atoms with Crippen LogP contribution in [0.25, 0.3) is 0 Å². The van der Waals surface area contributed by atoms with Crippen LogP contribution in [0.15, 0.2) is 24.3 Å². The number of allylic oxidation sites excluding steroid dienone is 3. The van der Waals surface area contributed by atoms with E-state index in [4.69, 9.17) is 19.3 Å². The lowest BCUT2D eigenvalue weighted by Crippen LogP contribution is -2.29. The van der Waals surface area contributed by atoms with Gasteiger partial charge in [0, 0.05) is 31.1 Å². The smallest absolute Gasteiger partial charge is 0.462 e. The second-order valence-corrected chi connectivity index (χ2v) is 14.7. The fraction of sp³-hybridized carbons (Fsp3) is 0.806. The van der Waals surface area contributed by atoms with Crippen molar-refractivity contribution in [3.63, 3.8) is 0 Å². The monoisotopic (exact) mass is 702 g/mol. The number of esters is 2. The van der Waals surface area contributed by atoms with Crippen molar-refractivity contribution in [3.8, 4) is 0 Å². The summed E-state index contributed by atoms with van der Waals surface area (Å²) in [6.45, 7) is 5.56. The van der Waals surface area contributed by atoms with Crippen molar-refractivity contribution in [2.75, 3.05) is 13.2 Å². The zero-order chi connectivity index (χ0) is 35.8. The molecule has 1 aliphatic rings. The number of hydrogen-bond donors (Lipinski definition) is 4. The second-order valence-electron chi connectivity index (χ2n) is 13.5. The first-order chi connectivity index (χ1) is 22.8. The fourth-order valence-corrected chi connectivity index (χ4v) is 6.07. The molecule has 1 saturated carbocycles. The van der Waals surface area contributed by atoms with Crippen LogP contribution >= 0.6 is 7.82 Å². The number of carbonyl (C=O) groups is 3. The molecule has 0 amide bonds. The minimum Gasteiger partial charge on any atom is -0.462 e. The van der Waals surface area contributed by atoms with Gasteiger partial charge in [-0.2, -0.15) is 0 Å². The fourth-order valence-electron chi connectivity index (χ4n) is 5.71. The first-order valence-electron chi connectivity index (χ1n) is 18.1. The lowest BCUT2D eigenvalue weighted by molar-refractivity contribution is -0.161. The maximum absolute atomic E-state index is 12.4. The van der Waals surface area contributed by atoms with E-state index in [1.54, 1.807) is 12.2 Å². The minimum absolute atomic E-state index is 0.0333. The number of aliphatic hydroxyl groups is 2. The third-order valence-corrected chi connectivity index (χ3v) is 9.01. The molecule has 0 radical (unpaired) electrons. The molecule has 11 nitrogen and oxygen atoms in total. The Morgan fingerprint density at radius 2 is 1.54 bits per heavy atom. The zero-order valence-corrected chi connectivity index (χ0v) is 30.4. The molecule has 0 aromatic carbocycles. The van der Waals surface area contributed by atoms with Gasteiger partial charge in [-0.3, -0.25) is 18.9 Å². The summed E-state index contributed by atoms with van der Waals surface area (Å²) in [6.07, 6.45) is 18.7. The van der Waals surface area contributed by atoms with Crippen molar-refractivity contribution in [1.29, 1.82) is 0 Å². The van der Waals surface area contributed by atoms with Gasteiger partial charge in [0.15, 0.2) is 6.10 Å². The van der Waals surface area contributed by atoms with Crippen LogP contribution in [0.1, 0.15) is 136 Å². The number of unbranched alkanes of at least 4 members (excludes halogenated alkanes) is 9. The summed E-state index contributed by atoms with van der Waals surface area (Å²) in [5.41, 5.74) is 0. The molecule has 0 aromatic heterocycles. The molecule has 0 aromatic rings. The van der Waals surface area contributed by atoms with E-state index in [0.717, 1.165) is 44.4 Å². The van der Waals surface area contributed by atoms with Gasteiger partial charge in [-0.25, -0.2) is 4.57 Å². The Hall–Kier alpha value is -1.88. The second kappa shape index (κ2) is 26.0. The Bertz CT molecular complexity index is 1010. The van der Waals surface area contributed by atoms with Crippen LogP contribution in [0.2, 0.25) is 0 Å². The first kappa shape index (κ1) is 44.1. The van der Waals surface area contributed by atoms with Gasteiger partial charge in [0.2, 0.25) is 0 Å². The van der Waals surface area contributed by atoms with Crippen molar-refractivity contribution < 1.29 is 52.9 Å². The highest BCUT2D eigenvalue weighted by Crippen LogP contribution is 2.36. The van der Waals surface area contributed by atoms with Crippen molar-refractivity contribution in [3.05, 3.63) is 24.3 Å². The normalized spacial score (nSPS) is 19.8. The highest BCUT2D eigenvalue weighted by Gasteiger charge is 2.39. The lowest BCUT2D eigenvalue weighted by atomic mass is 9.90. The van der Waals surface area contributed by atoms with Crippen LogP contribution in [0, 0.1) is 17.8 Å². The molecule has 0 aliphatic heterocycles. The minimum atomic E-state index is -4.81. The molecule has 0 heterocycles. The molecule has 48 heavy (non-hydrogen) atoms. The maximum atomic E-state index is 12.4. The summed E-state index contributed by atoms with van der Waals surface area (Å²) in [5, 5.41) is 20.6. The predicted molar refractivity (Wildman–Crippen MR) is 185 cm³/mol. The topological polar surface area (TPSA) is 177 Å². The molecule has 278 valence electrons. The third-order valence-electron chi connectivity index (χ3n) is 8.53. The zero-order valence-electron chi connectivity index (χ0n) is 29.5. The van der Waals surface area contributed by atoms with Crippen molar-refractivity contribution >= 4 is 25.5 Å². The van der Waals surface area contributed by atoms with Crippen LogP contribution in [-0.2, 0) is 32.9 Å². The van der Waals surface area contributed by atoms with Crippen LogP contribution in [-0.4, -0.2) is 69.2 Å². The lowest BCUT2D eigenvalue weighted by Gasteiger charge is -2.18. The molecule has 0 unspecified atom stereocenters. The van der Waals surface area contributed by atoms with Gasteiger partial charge >= 0.3 is 19.8 Å². The Morgan fingerprint density at radius 1 is 0.896 bits per heavy atom. The number of carbonyl (C=O) groups excluding carboxylic acids is 3. The molecular weight excluding hydrogens is 639 g/mol. The van der Waals surface area contributed by atoms with Gasteiger partial charge in [-0.1, -0.05) is 109 Å². The number of Topliss-reactive ketones (excluding diaryl/α,β-unsaturated/α-hetero) is 1. The third kappa shape index (κ3) is 22.7. The van der Waals surface area contributed by atoms with Gasteiger partial charge in [0.1, 0.15) is 12.4 Å². The van der Waals surface area contributed by atoms with Gasteiger partial charge in [0.25, 0.3) is 0 Å². The van der Waals surface area contributed by atoms with E-state index < -0.39 is 50.6 Å². The van der Waals surface area contributed by atoms with Crippen molar-refractivity contribution in [2.24, 2.45) is 17.8 Å². The Labute approximate surface area is 288 Å². The molecular formula is C36H63O11P. The number of aliphatic hydroxyl groups excluding tert-OH is 2.